The minimum atomic E-state index is 0.154. The third-order valence-corrected chi connectivity index (χ3v) is 4.21. The van der Waals surface area contributed by atoms with E-state index in [1.165, 1.54) is 16.8 Å². The van der Waals surface area contributed by atoms with E-state index in [1.807, 2.05) is 6.20 Å². The quantitative estimate of drug-likeness (QED) is 0.861. The van der Waals surface area contributed by atoms with E-state index in [9.17, 15) is 0 Å². The molecule has 0 fully saturated rings. The molecule has 2 N–H and O–H groups in total. The number of rotatable bonds is 1. The predicted octanol–water partition coefficient (Wildman–Crippen LogP) is 3.51. The van der Waals surface area contributed by atoms with E-state index in [4.69, 9.17) is 5.73 Å². The molecule has 0 bridgehead atoms. The summed E-state index contributed by atoms with van der Waals surface area (Å²) in [5.74, 6) is 0. The second-order valence-electron chi connectivity index (χ2n) is 6.75. The summed E-state index contributed by atoms with van der Waals surface area (Å²) in [6, 6.07) is 8.88. The maximum Gasteiger partial charge on any atom is 0.0649 e. The van der Waals surface area contributed by atoms with Gasteiger partial charge in [0.2, 0.25) is 0 Å². The minimum absolute atomic E-state index is 0.154. The molecule has 0 amide bonds. The van der Waals surface area contributed by atoms with Gasteiger partial charge in [0.15, 0.2) is 0 Å². The lowest BCUT2D eigenvalue weighted by molar-refractivity contribution is 0.557. The van der Waals surface area contributed by atoms with Crippen LogP contribution < -0.4 is 5.73 Å². The Labute approximate surface area is 120 Å². The number of benzene rings is 1. The molecule has 3 heteroatoms. The molecule has 0 radical (unpaired) electrons. The summed E-state index contributed by atoms with van der Waals surface area (Å²) >= 11 is 0. The van der Waals surface area contributed by atoms with Gasteiger partial charge in [-0.3, -0.25) is 0 Å². The van der Waals surface area contributed by atoms with Gasteiger partial charge >= 0.3 is 0 Å². The summed E-state index contributed by atoms with van der Waals surface area (Å²) in [5, 5.41) is 4.55. The fourth-order valence-electron chi connectivity index (χ4n) is 2.92. The molecule has 1 aromatic carbocycles. The van der Waals surface area contributed by atoms with Crippen LogP contribution >= 0.6 is 0 Å². The summed E-state index contributed by atoms with van der Waals surface area (Å²) in [6.07, 6.45) is 5.24. The third kappa shape index (κ3) is 2.27. The van der Waals surface area contributed by atoms with Gasteiger partial charge in [-0.25, -0.2) is 4.68 Å². The average molecular weight is 269 g/mol. The molecule has 3 rings (SSSR count). The molecule has 1 atom stereocenters. The molecule has 1 aliphatic rings. The van der Waals surface area contributed by atoms with E-state index >= 15 is 0 Å². The van der Waals surface area contributed by atoms with Crippen LogP contribution in [0.5, 0.6) is 0 Å². The molecule has 1 heterocycles. The number of nitrogens with two attached hydrogens (primary N) is 1. The standard InChI is InChI=1S/C17H23N3/c1-17(2,3)12-7-9-13(10-8-12)20-16-6-4-5-15(18)14(16)11-19-20/h7-11,15H,4-6,18H2,1-3H3/t15-/m0/s1. The topological polar surface area (TPSA) is 43.8 Å². The molecule has 3 nitrogen and oxygen atoms in total. The van der Waals surface area contributed by atoms with Gasteiger partial charge in [0.05, 0.1) is 11.9 Å². The zero-order valence-corrected chi connectivity index (χ0v) is 12.6. The van der Waals surface area contributed by atoms with Crippen LogP contribution in [-0.2, 0) is 11.8 Å². The molecule has 106 valence electrons. The van der Waals surface area contributed by atoms with E-state index in [1.54, 1.807) is 0 Å². The lowest BCUT2D eigenvalue weighted by Gasteiger charge is -2.21. The van der Waals surface area contributed by atoms with Crippen molar-refractivity contribution in [2.75, 3.05) is 0 Å². The fourth-order valence-corrected chi connectivity index (χ4v) is 2.92. The van der Waals surface area contributed by atoms with Gasteiger partial charge in [-0.1, -0.05) is 32.9 Å². The molecule has 0 saturated carbocycles. The Morgan fingerprint density at radius 3 is 2.55 bits per heavy atom. The number of hydrogen-bond acceptors (Lipinski definition) is 2. The molecule has 2 aromatic rings. The van der Waals surface area contributed by atoms with Crippen LogP contribution in [0, 0.1) is 0 Å². The van der Waals surface area contributed by atoms with Crippen molar-refractivity contribution in [1.29, 1.82) is 0 Å². The highest BCUT2D eigenvalue weighted by atomic mass is 15.3. The lowest BCUT2D eigenvalue weighted by atomic mass is 9.87. The van der Waals surface area contributed by atoms with Crippen molar-refractivity contribution >= 4 is 0 Å². The van der Waals surface area contributed by atoms with Crippen molar-refractivity contribution in [1.82, 2.24) is 9.78 Å². The van der Waals surface area contributed by atoms with Crippen LogP contribution in [0.2, 0.25) is 0 Å². The second kappa shape index (κ2) is 4.74. The first-order valence-electron chi connectivity index (χ1n) is 7.40. The fraction of sp³-hybridized carbons (Fsp3) is 0.471. The third-order valence-electron chi connectivity index (χ3n) is 4.21. The highest BCUT2D eigenvalue weighted by Gasteiger charge is 2.22. The molecular formula is C17H23N3. The monoisotopic (exact) mass is 269 g/mol. The SMILES string of the molecule is CC(C)(C)c1ccc(-n2ncc3c2CCC[C@@H]3N)cc1. The van der Waals surface area contributed by atoms with Gasteiger partial charge in [0, 0.05) is 17.3 Å². The summed E-state index contributed by atoms with van der Waals surface area (Å²) in [6.45, 7) is 6.70. The van der Waals surface area contributed by atoms with Crippen LogP contribution in [0.15, 0.2) is 30.5 Å². The van der Waals surface area contributed by atoms with E-state index in [2.05, 4.69) is 54.8 Å². The number of fused-ring (bicyclic) bond motifs is 1. The maximum atomic E-state index is 6.17. The van der Waals surface area contributed by atoms with E-state index in [0.717, 1.165) is 24.9 Å². The molecule has 0 saturated heterocycles. The van der Waals surface area contributed by atoms with Crippen molar-refractivity contribution in [2.24, 2.45) is 5.73 Å². The zero-order valence-electron chi connectivity index (χ0n) is 12.6. The normalized spacial score (nSPS) is 18.9. The summed E-state index contributed by atoms with van der Waals surface area (Å²) < 4.78 is 2.06. The average Bonchev–Trinajstić information content (AvgIpc) is 2.83. The van der Waals surface area contributed by atoms with Gasteiger partial charge < -0.3 is 5.73 Å². The molecule has 20 heavy (non-hydrogen) atoms. The van der Waals surface area contributed by atoms with E-state index in [-0.39, 0.29) is 11.5 Å². The molecule has 0 spiro atoms. The smallest absolute Gasteiger partial charge is 0.0649 e. The van der Waals surface area contributed by atoms with Gasteiger partial charge in [0.25, 0.3) is 0 Å². The lowest BCUT2D eigenvalue weighted by Crippen LogP contribution is -2.18. The highest BCUT2D eigenvalue weighted by Crippen LogP contribution is 2.30. The first kappa shape index (κ1) is 13.4. The Bertz CT molecular complexity index is 602. The zero-order chi connectivity index (χ0) is 14.3. The van der Waals surface area contributed by atoms with Crippen molar-refractivity contribution in [3.05, 3.63) is 47.3 Å². The van der Waals surface area contributed by atoms with Gasteiger partial charge in [-0.05, 0) is 42.4 Å². The van der Waals surface area contributed by atoms with Crippen LogP contribution in [0.3, 0.4) is 0 Å². The number of nitrogens with zero attached hydrogens (tertiary/aromatic N) is 2. The van der Waals surface area contributed by atoms with Gasteiger partial charge in [-0.2, -0.15) is 5.10 Å². The van der Waals surface area contributed by atoms with Gasteiger partial charge in [0.1, 0.15) is 0 Å². The maximum absolute atomic E-state index is 6.17. The van der Waals surface area contributed by atoms with E-state index < -0.39 is 0 Å². The van der Waals surface area contributed by atoms with Crippen LogP contribution in [0.1, 0.15) is 56.5 Å². The Kier molecular flexibility index (Phi) is 3.17. The Hall–Kier alpha value is -1.61. The minimum Gasteiger partial charge on any atom is -0.324 e. The highest BCUT2D eigenvalue weighted by molar-refractivity contribution is 5.40. The molecule has 0 aliphatic heterocycles. The Morgan fingerprint density at radius 2 is 1.90 bits per heavy atom. The predicted molar refractivity (Wildman–Crippen MR) is 82.1 cm³/mol. The van der Waals surface area contributed by atoms with Crippen LogP contribution in [0.25, 0.3) is 5.69 Å². The molecule has 1 aromatic heterocycles. The Balaban J connectivity index is 1.98. The van der Waals surface area contributed by atoms with Crippen LogP contribution in [0.4, 0.5) is 0 Å². The molecule has 0 unspecified atom stereocenters. The first-order chi connectivity index (χ1) is 9.47. The largest absolute Gasteiger partial charge is 0.324 e. The summed E-state index contributed by atoms with van der Waals surface area (Å²) in [7, 11) is 0. The van der Waals surface area contributed by atoms with Crippen molar-refractivity contribution in [3.63, 3.8) is 0 Å². The molecule has 1 aliphatic carbocycles. The van der Waals surface area contributed by atoms with Crippen molar-refractivity contribution in [3.8, 4) is 5.69 Å². The Morgan fingerprint density at radius 1 is 1.20 bits per heavy atom. The van der Waals surface area contributed by atoms with E-state index in [0.29, 0.717) is 0 Å². The number of hydrogen-bond donors (Lipinski definition) is 1. The van der Waals surface area contributed by atoms with Gasteiger partial charge in [-0.15, -0.1) is 0 Å². The first-order valence-corrected chi connectivity index (χ1v) is 7.40. The van der Waals surface area contributed by atoms with Crippen molar-refractivity contribution in [2.45, 2.75) is 51.5 Å². The summed E-state index contributed by atoms with van der Waals surface area (Å²) in [5.41, 5.74) is 11.3. The summed E-state index contributed by atoms with van der Waals surface area (Å²) in [4.78, 5) is 0. The van der Waals surface area contributed by atoms with Crippen LogP contribution in [-0.4, -0.2) is 9.78 Å². The van der Waals surface area contributed by atoms with Crippen molar-refractivity contribution < 1.29 is 0 Å². The molecular weight excluding hydrogens is 246 g/mol. The second-order valence-corrected chi connectivity index (χ2v) is 6.75. The number of aromatic nitrogens is 2.